The monoisotopic (exact) mass is 222 g/mol. The Balaban J connectivity index is 0.000000853. The van der Waals surface area contributed by atoms with Crippen molar-refractivity contribution in [2.75, 3.05) is 6.54 Å². The molecule has 2 aromatic rings. The highest BCUT2D eigenvalue weighted by atomic mass is 35.5. The number of benzene rings is 1. The van der Waals surface area contributed by atoms with Gasteiger partial charge in [-0.15, -0.1) is 12.4 Å². The number of fused-ring (bicyclic) bond motifs is 3. The van der Waals surface area contributed by atoms with Crippen LogP contribution in [0.1, 0.15) is 11.3 Å². The van der Waals surface area contributed by atoms with Crippen LogP contribution >= 0.6 is 12.4 Å². The molecule has 0 unspecified atom stereocenters. The van der Waals surface area contributed by atoms with E-state index in [1.807, 2.05) is 0 Å². The second-order valence-electron chi connectivity index (χ2n) is 3.93. The van der Waals surface area contributed by atoms with Crippen LogP contribution in [0.3, 0.4) is 0 Å². The highest BCUT2D eigenvalue weighted by Gasteiger charge is 2.16. The summed E-state index contributed by atoms with van der Waals surface area (Å²) < 4.78 is 2.34. The number of aryl methyl sites for hydroxylation is 1. The van der Waals surface area contributed by atoms with Gasteiger partial charge in [-0.25, -0.2) is 0 Å². The lowest BCUT2D eigenvalue weighted by Crippen LogP contribution is -2.24. The number of rotatable bonds is 0. The molecule has 0 amide bonds. The highest BCUT2D eigenvalue weighted by Crippen LogP contribution is 2.26. The predicted molar refractivity (Wildman–Crippen MR) is 65.6 cm³/mol. The van der Waals surface area contributed by atoms with Crippen molar-refractivity contribution in [3.05, 3.63) is 35.5 Å². The quantitative estimate of drug-likeness (QED) is 0.724. The summed E-state index contributed by atoms with van der Waals surface area (Å²) in [4.78, 5) is 0. The van der Waals surface area contributed by atoms with Crippen LogP contribution < -0.4 is 5.32 Å². The van der Waals surface area contributed by atoms with Gasteiger partial charge < -0.3 is 9.88 Å². The van der Waals surface area contributed by atoms with Crippen molar-refractivity contribution >= 4 is 23.3 Å². The molecule has 80 valence electrons. The van der Waals surface area contributed by atoms with Crippen molar-refractivity contribution < 1.29 is 0 Å². The molecule has 1 aromatic carbocycles. The smallest absolute Gasteiger partial charge is 0.0483 e. The Morgan fingerprint density at radius 2 is 2.07 bits per heavy atom. The molecule has 0 radical (unpaired) electrons. The van der Waals surface area contributed by atoms with E-state index in [0.717, 1.165) is 19.5 Å². The summed E-state index contributed by atoms with van der Waals surface area (Å²) in [6, 6.07) is 8.66. The maximum Gasteiger partial charge on any atom is 0.0483 e. The van der Waals surface area contributed by atoms with Crippen molar-refractivity contribution in [3.8, 4) is 0 Å². The topological polar surface area (TPSA) is 17.0 Å². The Morgan fingerprint density at radius 3 is 2.93 bits per heavy atom. The minimum absolute atomic E-state index is 0. The third kappa shape index (κ3) is 1.45. The number of halogens is 1. The molecule has 1 N–H and O–H groups in total. The van der Waals surface area contributed by atoms with E-state index < -0.39 is 0 Å². The van der Waals surface area contributed by atoms with Gasteiger partial charge >= 0.3 is 0 Å². The molecular formula is C12H15ClN2. The number of para-hydroxylation sites is 1. The van der Waals surface area contributed by atoms with Gasteiger partial charge in [0.2, 0.25) is 0 Å². The van der Waals surface area contributed by atoms with Gasteiger partial charge in [0.15, 0.2) is 0 Å². The number of aromatic nitrogens is 1. The third-order valence-corrected chi connectivity index (χ3v) is 3.18. The molecule has 2 heterocycles. The van der Waals surface area contributed by atoms with Crippen LogP contribution in [0.5, 0.6) is 0 Å². The van der Waals surface area contributed by atoms with Crippen LogP contribution in [0, 0.1) is 0 Å². The van der Waals surface area contributed by atoms with Crippen molar-refractivity contribution in [3.63, 3.8) is 0 Å². The van der Waals surface area contributed by atoms with Gasteiger partial charge in [-0.2, -0.15) is 0 Å². The minimum atomic E-state index is 0. The standard InChI is InChI=1S/C12H14N2.ClH/c1-14-11-5-3-2-4-9(11)10-8-13-7-6-12(10)14;/h2-5,13H,6-8H2,1H3;1H. The summed E-state index contributed by atoms with van der Waals surface area (Å²) >= 11 is 0. The molecule has 0 atom stereocenters. The number of nitrogens with zero attached hydrogens (tertiary/aromatic N) is 1. The van der Waals surface area contributed by atoms with Crippen LogP contribution in [-0.2, 0) is 20.0 Å². The van der Waals surface area contributed by atoms with E-state index in [1.165, 1.54) is 22.2 Å². The van der Waals surface area contributed by atoms with Gasteiger partial charge in [-0.05, 0) is 11.6 Å². The molecule has 1 aliphatic heterocycles. The highest BCUT2D eigenvalue weighted by molar-refractivity contribution is 5.86. The van der Waals surface area contributed by atoms with Gasteiger partial charge in [0, 0.05) is 43.2 Å². The van der Waals surface area contributed by atoms with E-state index in [9.17, 15) is 0 Å². The molecule has 1 aromatic heterocycles. The summed E-state index contributed by atoms with van der Waals surface area (Å²) in [5.74, 6) is 0. The molecule has 0 aliphatic carbocycles. The summed E-state index contributed by atoms with van der Waals surface area (Å²) in [6.07, 6.45) is 1.15. The van der Waals surface area contributed by atoms with Gasteiger partial charge in [0.05, 0.1) is 0 Å². The van der Waals surface area contributed by atoms with Gasteiger partial charge in [0.25, 0.3) is 0 Å². The normalized spacial score (nSPS) is 14.7. The van der Waals surface area contributed by atoms with Crippen LogP contribution in [0.25, 0.3) is 10.9 Å². The Labute approximate surface area is 95.7 Å². The van der Waals surface area contributed by atoms with Gasteiger partial charge in [-0.3, -0.25) is 0 Å². The zero-order valence-corrected chi connectivity index (χ0v) is 9.60. The maximum atomic E-state index is 3.43. The third-order valence-electron chi connectivity index (χ3n) is 3.18. The van der Waals surface area contributed by atoms with Crippen LogP contribution in [0.4, 0.5) is 0 Å². The second kappa shape index (κ2) is 3.87. The number of hydrogen-bond acceptors (Lipinski definition) is 1. The molecule has 0 fully saturated rings. The molecular weight excluding hydrogens is 208 g/mol. The predicted octanol–water partition coefficient (Wildman–Crippen LogP) is 2.25. The lowest BCUT2D eigenvalue weighted by Gasteiger charge is -2.14. The summed E-state index contributed by atoms with van der Waals surface area (Å²) in [5.41, 5.74) is 4.36. The molecule has 0 bridgehead atoms. The van der Waals surface area contributed by atoms with E-state index >= 15 is 0 Å². The van der Waals surface area contributed by atoms with E-state index in [2.05, 4.69) is 41.2 Å². The fraction of sp³-hybridized carbons (Fsp3) is 0.333. The average molecular weight is 223 g/mol. The molecule has 0 saturated heterocycles. The fourth-order valence-corrected chi connectivity index (χ4v) is 2.46. The minimum Gasteiger partial charge on any atom is -0.347 e. The molecule has 0 spiro atoms. The Morgan fingerprint density at radius 1 is 1.27 bits per heavy atom. The molecule has 3 heteroatoms. The van der Waals surface area contributed by atoms with E-state index in [0.29, 0.717) is 0 Å². The maximum absolute atomic E-state index is 3.43. The zero-order chi connectivity index (χ0) is 9.54. The van der Waals surface area contributed by atoms with Crippen LogP contribution in [0.15, 0.2) is 24.3 Å². The molecule has 2 nitrogen and oxygen atoms in total. The zero-order valence-electron chi connectivity index (χ0n) is 8.79. The van der Waals surface area contributed by atoms with E-state index in [-0.39, 0.29) is 12.4 Å². The second-order valence-corrected chi connectivity index (χ2v) is 3.93. The van der Waals surface area contributed by atoms with E-state index in [1.54, 1.807) is 0 Å². The number of nitrogens with one attached hydrogen (secondary N) is 1. The van der Waals surface area contributed by atoms with Gasteiger partial charge in [0.1, 0.15) is 0 Å². The van der Waals surface area contributed by atoms with Gasteiger partial charge in [-0.1, -0.05) is 18.2 Å². The summed E-state index contributed by atoms with van der Waals surface area (Å²) in [5, 5.41) is 4.85. The lowest BCUT2D eigenvalue weighted by atomic mass is 10.1. The molecule has 1 aliphatic rings. The Bertz CT molecular complexity index is 488. The summed E-state index contributed by atoms with van der Waals surface area (Å²) in [7, 11) is 2.17. The van der Waals surface area contributed by atoms with Crippen molar-refractivity contribution in [1.29, 1.82) is 0 Å². The van der Waals surface area contributed by atoms with E-state index in [4.69, 9.17) is 0 Å². The van der Waals surface area contributed by atoms with Crippen molar-refractivity contribution in [2.24, 2.45) is 7.05 Å². The molecule has 0 saturated carbocycles. The summed E-state index contributed by atoms with van der Waals surface area (Å²) in [6.45, 7) is 2.13. The lowest BCUT2D eigenvalue weighted by molar-refractivity contribution is 0.622. The number of hydrogen-bond donors (Lipinski definition) is 1. The first kappa shape index (κ1) is 10.5. The largest absolute Gasteiger partial charge is 0.347 e. The van der Waals surface area contributed by atoms with Crippen LogP contribution in [-0.4, -0.2) is 11.1 Å². The average Bonchev–Trinajstić information content (AvgIpc) is 2.55. The first-order chi connectivity index (χ1) is 6.88. The first-order valence-electron chi connectivity index (χ1n) is 5.14. The Hall–Kier alpha value is -0.990. The SMILES string of the molecule is Cl.Cn1c2c(c3ccccc31)CNCC2. The Kier molecular flexibility index (Phi) is 2.72. The fourth-order valence-electron chi connectivity index (χ4n) is 2.46. The van der Waals surface area contributed by atoms with Crippen LogP contribution in [0.2, 0.25) is 0 Å². The molecule has 3 rings (SSSR count). The molecule has 15 heavy (non-hydrogen) atoms. The first-order valence-corrected chi connectivity index (χ1v) is 5.14. The van der Waals surface area contributed by atoms with Crippen molar-refractivity contribution in [1.82, 2.24) is 9.88 Å². The van der Waals surface area contributed by atoms with Crippen molar-refractivity contribution in [2.45, 2.75) is 13.0 Å².